The molecule has 0 aliphatic rings. The maximum Gasteiger partial charge on any atom is 0.123 e. The van der Waals surface area contributed by atoms with Crippen LogP contribution < -0.4 is 5.73 Å². The summed E-state index contributed by atoms with van der Waals surface area (Å²) < 4.78 is 0. The first-order valence-corrected chi connectivity index (χ1v) is 10.6. The fraction of sp³-hybridized carbons (Fsp3) is 0.0370. The van der Waals surface area contributed by atoms with Gasteiger partial charge in [-0.05, 0) is 77.7 Å². The summed E-state index contributed by atoms with van der Waals surface area (Å²) in [6.45, 7) is 0. The van der Waals surface area contributed by atoms with Gasteiger partial charge in [0.25, 0.3) is 0 Å². The van der Waals surface area contributed by atoms with Gasteiger partial charge in [0, 0.05) is 21.3 Å². The van der Waals surface area contributed by atoms with Crippen molar-refractivity contribution in [1.29, 1.82) is 0 Å². The van der Waals surface area contributed by atoms with Crippen LogP contribution in [0, 0.1) is 0 Å². The molecule has 0 saturated carbocycles. The van der Waals surface area contributed by atoms with Crippen LogP contribution >= 0.6 is 23.2 Å². The molecule has 0 spiro atoms. The normalized spacial score (nSPS) is 12.7. The first-order valence-electron chi connectivity index (χ1n) is 9.83. The molecule has 0 fully saturated rings. The van der Waals surface area contributed by atoms with Gasteiger partial charge in [0.2, 0.25) is 0 Å². The van der Waals surface area contributed by atoms with Crippen LogP contribution in [0.1, 0.15) is 23.1 Å². The Morgan fingerprint density at radius 2 is 1.35 bits per heavy atom. The average molecular weight is 448 g/mol. The molecule has 2 nitrogen and oxygen atoms in total. The lowest BCUT2D eigenvalue weighted by Crippen LogP contribution is -1.87. The summed E-state index contributed by atoms with van der Waals surface area (Å²) in [6.07, 6.45) is 12.6. The van der Waals surface area contributed by atoms with E-state index in [1.54, 1.807) is 30.3 Å². The van der Waals surface area contributed by atoms with E-state index >= 15 is 0 Å². The standard InChI is InChI=1S/C27H23Cl2NO/c28-24-13-9-21(10-14-24)23(19-27(31)22-11-15-25(29)16-12-22)6-4-2-1-3-5-20-7-17-26(30)18-8-20/h1-3,5-19,31H,4,30H2/b2-1+,5-3+,23-6+,27-19-. The molecule has 3 N–H and O–H groups in total. The lowest BCUT2D eigenvalue weighted by Gasteiger charge is -2.06. The van der Waals surface area contributed by atoms with Crippen LogP contribution in [0.3, 0.4) is 0 Å². The predicted octanol–water partition coefficient (Wildman–Crippen LogP) is 8.22. The topological polar surface area (TPSA) is 46.2 Å². The maximum absolute atomic E-state index is 10.6. The maximum atomic E-state index is 10.6. The molecule has 0 unspecified atom stereocenters. The summed E-state index contributed by atoms with van der Waals surface area (Å²) in [4.78, 5) is 0. The lowest BCUT2D eigenvalue weighted by atomic mass is 10.0. The van der Waals surface area contributed by atoms with Gasteiger partial charge in [-0.3, -0.25) is 0 Å². The fourth-order valence-corrected chi connectivity index (χ4v) is 3.13. The lowest BCUT2D eigenvalue weighted by molar-refractivity contribution is 0.512. The number of nitrogens with two attached hydrogens (primary N) is 1. The Morgan fingerprint density at radius 3 is 1.97 bits per heavy atom. The van der Waals surface area contributed by atoms with E-state index in [0.717, 1.165) is 22.4 Å². The second-order valence-electron chi connectivity index (χ2n) is 6.89. The monoisotopic (exact) mass is 447 g/mol. The van der Waals surface area contributed by atoms with Crippen molar-refractivity contribution in [2.45, 2.75) is 6.42 Å². The molecule has 0 bridgehead atoms. The first kappa shape index (κ1) is 22.5. The van der Waals surface area contributed by atoms with Gasteiger partial charge in [-0.25, -0.2) is 0 Å². The highest BCUT2D eigenvalue weighted by Gasteiger charge is 2.04. The van der Waals surface area contributed by atoms with Crippen molar-refractivity contribution in [2.75, 3.05) is 5.73 Å². The molecule has 156 valence electrons. The Hall–Kier alpha value is -3.20. The second kappa shape index (κ2) is 11.3. The molecule has 0 aliphatic heterocycles. The van der Waals surface area contributed by atoms with Crippen molar-refractivity contribution in [3.05, 3.63) is 130 Å². The summed E-state index contributed by atoms with van der Waals surface area (Å²) in [5.74, 6) is 0.171. The van der Waals surface area contributed by atoms with E-state index in [-0.39, 0.29) is 5.76 Å². The van der Waals surface area contributed by atoms with Gasteiger partial charge in [0.15, 0.2) is 0 Å². The van der Waals surface area contributed by atoms with Crippen molar-refractivity contribution in [1.82, 2.24) is 0 Å². The third kappa shape index (κ3) is 7.21. The van der Waals surface area contributed by atoms with Crippen LogP contribution in [0.5, 0.6) is 0 Å². The molecule has 0 aliphatic carbocycles. The van der Waals surface area contributed by atoms with Gasteiger partial charge in [-0.1, -0.05) is 77.8 Å². The Labute approximate surface area is 193 Å². The Balaban J connectivity index is 1.76. The van der Waals surface area contributed by atoms with Gasteiger partial charge in [0.1, 0.15) is 5.76 Å². The van der Waals surface area contributed by atoms with E-state index in [4.69, 9.17) is 28.9 Å². The number of hydrogen-bond acceptors (Lipinski definition) is 2. The highest BCUT2D eigenvalue weighted by Crippen LogP contribution is 2.24. The SMILES string of the molecule is Nc1ccc(/C=C/C=C/C/C=C(\C=C(/O)c2ccc(Cl)cc2)c2ccc(Cl)cc2)cc1. The minimum Gasteiger partial charge on any atom is -0.507 e. The van der Waals surface area contributed by atoms with Crippen molar-refractivity contribution in [3.8, 4) is 0 Å². The number of aliphatic hydroxyl groups excluding tert-OH is 1. The number of rotatable bonds is 7. The van der Waals surface area contributed by atoms with Crippen molar-refractivity contribution >= 4 is 46.3 Å². The zero-order valence-electron chi connectivity index (χ0n) is 16.9. The van der Waals surface area contributed by atoms with Gasteiger partial charge in [0.05, 0.1) is 0 Å². The van der Waals surface area contributed by atoms with Crippen LogP contribution in [-0.4, -0.2) is 5.11 Å². The van der Waals surface area contributed by atoms with Gasteiger partial charge in [-0.2, -0.15) is 0 Å². The van der Waals surface area contributed by atoms with E-state index in [0.29, 0.717) is 22.0 Å². The Bertz CT molecular complexity index is 1110. The number of halogens is 2. The zero-order valence-corrected chi connectivity index (χ0v) is 18.4. The fourth-order valence-electron chi connectivity index (χ4n) is 2.88. The summed E-state index contributed by atoms with van der Waals surface area (Å²) in [5, 5.41) is 11.9. The molecule has 0 atom stereocenters. The van der Waals surface area contributed by atoms with Crippen LogP contribution in [0.15, 0.2) is 103 Å². The molecule has 0 heterocycles. The molecule has 0 aromatic heterocycles. The molecule has 0 saturated heterocycles. The van der Waals surface area contributed by atoms with E-state index in [1.165, 1.54) is 0 Å². The molecule has 31 heavy (non-hydrogen) atoms. The van der Waals surface area contributed by atoms with Crippen molar-refractivity contribution < 1.29 is 5.11 Å². The summed E-state index contributed by atoms with van der Waals surface area (Å²) in [5.41, 5.74) is 10.1. The zero-order chi connectivity index (χ0) is 22.1. The summed E-state index contributed by atoms with van der Waals surface area (Å²) in [7, 11) is 0. The predicted molar refractivity (Wildman–Crippen MR) is 135 cm³/mol. The number of benzene rings is 3. The number of anilines is 1. The minimum absolute atomic E-state index is 0.171. The van der Waals surface area contributed by atoms with Gasteiger partial charge < -0.3 is 10.8 Å². The molecule has 0 radical (unpaired) electrons. The summed E-state index contributed by atoms with van der Waals surface area (Å²) in [6, 6.07) is 22.3. The molecule has 3 rings (SSSR count). The summed E-state index contributed by atoms with van der Waals surface area (Å²) >= 11 is 12.0. The number of nitrogen functional groups attached to an aromatic ring is 1. The number of aliphatic hydroxyl groups is 1. The van der Waals surface area contributed by atoms with E-state index in [2.05, 4.69) is 12.2 Å². The van der Waals surface area contributed by atoms with Gasteiger partial charge >= 0.3 is 0 Å². The first-order chi connectivity index (χ1) is 15.0. The third-order valence-corrected chi connectivity index (χ3v) is 5.06. The van der Waals surface area contributed by atoms with Crippen LogP contribution in [0.25, 0.3) is 17.4 Å². The number of hydrogen-bond donors (Lipinski definition) is 2. The van der Waals surface area contributed by atoms with E-state index < -0.39 is 0 Å². The van der Waals surface area contributed by atoms with Crippen LogP contribution in [-0.2, 0) is 0 Å². The molecule has 4 heteroatoms. The smallest absolute Gasteiger partial charge is 0.123 e. The second-order valence-corrected chi connectivity index (χ2v) is 7.77. The molecular formula is C27H23Cl2NO. The van der Waals surface area contributed by atoms with Crippen molar-refractivity contribution in [3.63, 3.8) is 0 Å². The Morgan fingerprint density at radius 1 is 0.774 bits per heavy atom. The molecule has 0 amide bonds. The molecule has 3 aromatic carbocycles. The molecule has 3 aromatic rings. The average Bonchev–Trinajstić information content (AvgIpc) is 2.77. The highest BCUT2D eigenvalue weighted by molar-refractivity contribution is 6.30. The van der Waals surface area contributed by atoms with E-state index in [9.17, 15) is 5.11 Å². The minimum atomic E-state index is 0.171. The van der Waals surface area contributed by atoms with Crippen LogP contribution in [0.4, 0.5) is 5.69 Å². The Kier molecular flexibility index (Phi) is 8.17. The van der Waals surface area contributed by atoms with Crippen molar-refractivity contribution in [2.24, 2.45) is 0 Å². The van der Waals surface area contributed by atoms with Crippen LogP contribution in [0.2, 0.25) is 10.0 Å². The largest absolute Gasteiger partial charge is 0.507 e. The van der Waals surface area contributed by atoms with E-state index in [1.807, 2.05) is 66.8 Å². The highest BCUT2D eigenvalue weighted by atomic mass is 35.5. The quantitative estimate of drug-likeness (QED) is 0.217. The number of allylic oxidation sites excluding steroid dienone is 6. The van der Waals surface area contributed by atoms with Gasteiger partial charge in [-0.15, -0.1) is 0 Å². The molecular weight excluding hydrogens is 425 g/mol. The third-order valence-electron chi connectivity index (χ3n) is 4.56.